The van der Waals surface area contributed by atoms with Crippen molar-refractivity contribution in [3.63, 3.8) is 0 Å². The third kappa shape index (κ3) is 4.52. The Labute approximate surface area is 94.5 Å². The predicted octanol–water partition coefficient (Wildman–Crippen LogP) is 2.71. The lowest BCUT2D eigenvalue weighted by atomic mass is 9.93. The summed E-state index contributed by atoms with van der Waals surface area (Å²) in [5.74, 6) is 0.638. The first kappa shape index (κ1) is 13.0. The highest BCUT2D eigenvalue weighted by Crippen LogP contribution is 2.26. The summed E-state index contributed by atoms with van der Waals surface area (Å²) in [7, 11) is 0. The molecule has 0 amide bonds. The summed E-state index contributed by atoms with van der Waals surface area (Å²) in [5.41, 5.74) is -0.431. The van der Waals surface area contributed by atoms with Crippen molar-refractivity contribution in [1.82, 2.24) is 5.32 Å². The van der Waals surface area contributed by atoms with Gasteiger partial charge in [0.1, 0.15) is 0 Å². The largest absolute Gasteiger partial charge is 0.389 e. The van der Waals surface area contributed by atoms with Gasteiger partial charge in [0, 0.05) is 12.6 Å². The summed E-state index contributed by atoms with van der Waals surface area (Å²) in [6.07, 6.45) is 6.92. The molecule has 0 bridgehead atoms. The standard InChI is InChI=1S/C13H27NO/c1-11(2)12(3)14-10-13(15)8-6-4-5-7-9-13/h11-12,14-15H,4-10H2,1-3H3. The molecule has 2 nitrogen and oxygen atoms in total. The monoisotopic (exact) mass is 213 g/mol. The Morgan fingerprint density at radius 1 is 1.07 bits per heavy atom. The number of nitrogens with one attached hydrogen (secondary N) is 1. The average Bonchev–Trinajstić information content (AvgIpc) is 2.40. The zero-order chi connectivity index (χ0) is 11.3. The quantitative estimate of drug-likeness (QED) is 0.704. The van der Waals surface area contributed by atoms with E-state index in [-0.39, 0.29) is 0 Å². The van der Waals surface area contributed by atoms with Crippen molar-refractivity contribution in [2.24, 2.45) is 5.92 Å². The molecule has 2 N–H and O–H groups in total. The van der Waals surface area contributed by atoms with Gasteiger partial charge in [0.25, 0.3) is 0 Å². The van der Waals surface area contributed by atoms with Gasteiger partial charge in [-0.15, -0.1) is 0 Å². The van der Waals surface area contributed by atoms with Crippen LogP contribution in [-0.4, -0.2) is 23.3 Å². The van der Waals surface area contributed by atoms with Gasteiger partial charge in [-0.25, -0.2) is 0 Å². The second-order valence-electron chi connectivity index (χ2n) is 5.55. The van der Waals surface area contributed by atoms with E-state index < -0.39 is 5.60 Å². The molecule has 15 heavy (non-hydrogen) atoms. The maximum atomic E-state index is 10.4. The highest BCUT2D eigenvalue weighted by Gasteiger charge is 2.28. The summed E-state index contributed by atoms with van der Waals surface area (Å²) in [6, 6.07) is 0.497. The van der Waals surface area contributed by atoms with Crippen LogP contribution in [0.5, 0.6) is 0 Å². The Hall–Kier alpha value is -0.0800. The van der Waals surface area contributed by atoms with Crippen molar-refractivity contribution in [3.8, 4) is 0 Å². The van der Waals surface area contributed by atoms with Crippen LogP contribution < -0.4 is 5.32 Å². The summed E-state index contributed by atoms with van der Waals surface area (Å²) in [4.78, 5) is 0. The fourth-order valence-corrected chi connectivity index (χ4v) is 2.15. The Morgan fingerprint density at radius 3 is 2.07 bits per heavy atom. The molecule has 1 aliphatic carbocycles. The van der Waals surface area contributed by atoms with E-state index in [4.69, 9.17) is 0 Å². The maximum absolute atomic E-state index is 10.4. The van der Waals surface area contributed by atoms with Crippen LogP contribution in [0.15, 0.2) is 0 Å². The second kappa shape index (κ2) is 5.86. The van der Waals surface area contributed by atoms with E-state index in [9.17, 15) is 5.11 Å². The molecule has 1 aliphatic rings. The van der Waals surface area contributed by atoms with Gasteiger partial charge >= 0.3 is 0 Å². The van der Waals surface area contributed by atoms with Crippen LogP contribution in [0.3, 0.4) is 0 Å². The minimum atomic E-state index is -0.431. The molecule has 1 saturated carbocycles. The van der Waals surface area contributed by atoms with E-state index in [2.05, 4.69) is 26.1 Å². The number of aliphatic hydroxyl groups is 1. The first-order chi connectivity index (χ1) is 7.03. The third-order valence-electron chi connectivity index (χ3n) is 3.79. The van der Waals surface area contributed by atoms with Crippen LogP contribution in [-0.2, 0) is 0 Å². The molecule has 1 rings (SSSR count). The summed E-state index contributed by atoms with van der Waals surface area (Å²) < 4.78 is 0. The molecular formula is C13H27NO. The molecule has 0 heterocycles. The summed E-state index contributed by atoms with van der Waals surface area (Å²) in [6.45, 7) is 7.40. The van der Waals surface area contributed by atoms with E-state index in [0.717, 1.165) is 19.4 Å². The lowest BCUT2D eigenvalue weighted by molar-refractivity contribution is 0.0219. The Morgan fingerprint density at radius 2 is 1.60 bits per heavy atom. The van der Waals surface area contributed by atoms with Crippen molar-refractivity contribution in [3.05, 3.63) is 0 Å². The molecule has 0 aliphatic heterocycles. The average molecular weight is 213 g/mol. The maximum Gasteiger partial charge on any atom is 0.0771 e. The Bertz CT molecular complexity index is 171. The van der Waals surface area contributed by atoms with E-state index in [1.54, 1.807) is 0 Å². The van der Waals surface area contributed by atoms with Gasteiger partial charge < -0.3 is 10.4 Å². The van der Waals surface area contributed by atoms with E-state index in [1.165, 1.54) is 25.7 Å². The van der Waals surface area contributed by atoms with Gasteiger partial charge in [0.15, 0.2) is 0 Å². The second-order valence-corrected chi connectivity index (χ2v) is 5.55. The molecule has 2 heteroatoms. The van der Waals surface area contributed by atoms with Crippen molar-refractivity contribution < 1.29 is 5.11 Å². The molecule has 1 unspecified atom stereocenters. The Kier molecular flexibility index (Phi) is 5.07. The molecular weight excluding hydrogens is 186 g/mol. The molecule has 0 aromatic rings. The van der Waals surface area contributed by atoms with Gasteiger partial charge in [-0.2, -0.15) is 0 Å². The molecule has 90 valence electrons. The van der Waals surface area contributed by atoms with E-state index in [0.29, 0.717) is 12.0 Å². The first-order valence-electron chi connectivity index (χ1n) is 6.49. The number of hydrogen-bond acceptors (Lipinski definition) is 2. The van der Waals surface area contributed by atoms with Crippen molar-refractivity contribution in [2.75, 3.05) is 6.54 Å². The molecule has 0 aromatic carbocycles. The zero-order valence-corrected chi connectivity index (χ0v) is 10.6. The van der Waals surface area contributed by atoms with E-state index in [1.807, 2.05) is 0 Å². The summed E-state index contributed by atoms with van der Waals surface area (Å²) in [5, 5.41) is 13.9. The normalized spacial score (nSPS) is 23.8. The van der Waals surface area contributed by atoms with Gasteiger partial charge in [-0.1, -0.05) is 39.5 Å². The smallest absolute Gasteiger partial charge is 0.0771 e. The van der Waals surface area contributed by atoms with Crippen molar-refractivity contribution in [1.29, 1.82) is 0 Å². The molecule has 1 fully saturated rings. The van der Waals surface area contributed by atoms with Gasteiger partial charge in [0.2, 0.25) is 0 Å². The van der Waals surface area contributed by atoms with E-state index >= 15 is 0 Å². The van der Waals surface area contributed by atoms with Gasteiger partial charge in [0.05, 0.1) is 5.60 Å². The molecule has 1 atom stereocenters. The van der Waals surface area contributed by atoms with Crippen LogP contribution >= 0.6 is 0 Å². The number of hydrogen-bond donors (Lipinski definition) is 2. The number of rotatable bonds is 4. The van der Waals surface area contributed by atoms with Crippen LogP contribution in [0.4, 0.5) is 0 Å². The van der Waals surface area contributed by atoms with Crippen LogP contribution in [0.2, 0.25) is 0 Å². The van der Waals surface area contributed by atoms with Crippen LogP contribution in [0, 0.1) is 5.92 Å². The third-order valence-corrected chi connectivity index (χ3v) is 3.79. The molecule has 0 spiro atoms. The lowest BCUT2D eigenvalue weighted by Crippen LogP contribution is -2.44. The van der Waals surface area contributed by atoms with Gasteiger partial charge in [-0.05, 0) is 25.7 Å². The molecule has 0 aromatic heterocycles. The topological polar surface area (TPSA) is 32.3 Å². The highest BCUT2D eigenvalue weighted by molar-refractivity contribution is 4.84. The van der Waals surface area contributed by atoms with Crippen LogP contribution in [0.25, 0.3) is 0 Å². The predicted molar refractivity (Wildman–Crippen MR) is 65.0 cm³/mol. The van der Waals surface area contributed by atoms with Crippen LogP contribution in [0.1, 0.15) is 59.3 Å². The van der Waals surface area contributed by atoms with Crippen molar-refractivity contribution >= 4 is 0 Å². The fraction of sp³-hybridized carbons (Fsp3) is 1.00. The lowest BCUT2D eigenvalue weighted by Gasteiger charge is -2.29. The highest BCUT2D eigenvalue weighted by atomic mass is 16.3. The van der Waals surface area contributed by atoms with Crippen molar-refractivity contribution in [2.45, 2.75) is 70.9 Å². The summed E-state index contributed by atoms with van der Waals surface area (Å²) >= 11 is 0. The zero-order valence-electron chi connectivity index (χ0n) is 10.6. The molecule has 0 saturated heterocycles. The minimum Gasteiger partial charge on any atom is -0.389 e. The van der Waals surface area contributed by atoms with Gasteiger partial charge in [-0.3, -0.25) is 0 Å². The Balaban J connectivity index is 2.34. The minimum absolute atomic E-state index is 0.431. The SMILES string of the molecule is CC(C)C(C)NCC1(O)CCCCCC1. The fourth-order valence-electron chi connectivity index (χ4n) is 2.15. The molecule has 0 radical (unpaired) electrons. The first-order valence-corrected chi connectivity index (χ1v) is 6.49.